The van der Waals surface area contributed by atoms with E-state index in [4.69, 9.17) is 5.73 Å². The largest absolute Gasteiger partial charge is 0.341 e. The molecule has 0 spiro atoms. The Bertz CT molecular complexity index is 623. The third kappa shape index (κ3) is 4.02. The van der Waals surface area contributed by atoms with Gasteiger partial charge in [-0.05, 0) is 44.0 Å². The van der Waals surface area contributed by atoms with Crippen molar-refractivity contribution in [3.63, 3.8) is 0 Å². The van der Waals surface area contributed by atoms with Crippen molar-refractivity contribution >= 4 is 15.9 Å². The number of likely N-dealkylation sites (tertiary alicyclic amines) is 1. The zero-order valence-corrected chi connectivity index (χ0v) is 13.1. The number of rotatable bonds is 4. The summed E-state index contributed by atoms with van der Waals surface area (Å²) in [5.74, 6) is -0.610. The molecule has 8 heteroatoms. The standard InChI is InChI=1S/C14H20FN3O3S/c1-10(16)14(19)18-8-6-12(7-9-18)17-22(20,21)13-4-2-11(15)3-5-13/h2-5,10,12,17H,6-9,16H2,1H3/t10-/m1/s1. The summed E-state index contributed by atoms with van der Waals surface area (Å²) < 4.78 is 39.9. The number of amides is 1. The van der Waals surface area contributed by atoms with E-state index in [0.717, 1.165) is 12.1 Å². The average Bonchev–Trinajstić information content (AvgIpc) is 2.47. The van der Waals surface area contributed by atoms with Gasteiger partial charge in [0.15, 0.2) is 0 Å². The molecule has 3 N–H and O–H groups in total. The van der Waals surface area contributed by atoms with Gasteiger partial charge in [-0.1, -0.05) is 0 Å². The maximum absolute atomic E-state index is 12.9. The number of nitrogens with two attached hydrogens (primary N) is 1. The first-order chi connectivity index (χ1) is 10.3. The van der Waals surface area contributed by atoms with Crippen molar-refractivity contribution in [3.8, 4) is 0 Å². The highest BCUT2D eigenvalue weighted by molar-refractivity contribution is 7.89. The van der Waals surface area contributed by atoms with Gasteiger partial charge in [-0.2, -0.15) is 0 Å². The molecule has 0 aromatic heterocycles. The maximum atomic E-state index is 12.9. The van der Waals surface area contributed by atoms with Crippen LogP contribution in [0.25, 0.3) is 0 Å². The quantitative estimate of drug-likeness (QED) is 0.838. The van der Waals surface area contributed by atoms with Crippen molar-refractivity contribution < 1.29 is 17.6 Å². The third-order valence-electron chi connectivity index (χ3n) is 3.64. The van der Waals surface area contributed by atoms with Crippen LogP contribution in [-0.4, -0.2) is 44.4 Å². The SMILES string of the molecule is C[C@@H](N)C(=O)N1CCC(NS(=O)(=O)c2ccc(F)cc2)CC1. The number of piperidine rings is 1. The second-order valence-electron chi connectivity index (χ2n) is 5.46. The predicted molar refractivity (Wildman–Crippen MR) is 80.0 cm³/mol. The van der Waals surface area contributed by atoms with E-state index < -0.39 is 21.9 Å². The van der Waals surface area contributed by atoms with Gasteiger partial charge in [-0.15, -0.1) is 0 Å². The first-order valence-corrected chi connectivity index (χ1v) is 8.60. The van der Waals surface area contributed by atoms with Crippen LogP contribution in [0.2, 0.25) is 0 Å². The van der Waals surface area contributed by atoms with Crippen molar-refractivity contribution in [1.29, 1.82) is 0 Å². The number of hydrogen-bond donors (Lipinski definition) is 2. The van der Waals surface area contributed by atoms with Crippen molar-refractivity contribution in [3.05, 3.63) is 30.1 Å². The Morgan fingerprint density at radius 2 is 1.86 bits per heavy atom. The summed E-state index contributed by atoms with van der Waals surface area (Å²) in [6.45, 7) is 2.57. The monoisotopic (exact) mass is 329 g/mol. The topological polar surface area (TPSA) is 92.5 Å². The van der Waals surface area contributed by atoms with E-state index in [1.54, 1.807) is 11.8 Å². The molecule has 0 unspecified atom stereocenters. The van der Waals surface area contributed by atoms with E-state index in [0.29, 0.717) is 25.9 Å². The van der Waals surface area contributed by atoms with Crippen LogP contribution in [0.5, 0.6) is 0 Å². The summed E-state index contributed by atoms with van der Waals surface area (Å²) in [6.07, 6.45) is 1.05. The van der Waals surface area contributed by atoms with Crippen molar-refractivity contribution in [2.24, 2.45) is 5.73 Å². The van der Waals surface area contributed by atoms with Gasteiger partial charge in [0, 0.05) is 19.1 Å². The molecule has 1 aromatic carbocycles. The molecule has 2 rings (SSSR count). The van der Waals surface area contributed by atoms with Gasteiger partial charge in [-0.3, -0.25) is 4.79 Å². The molecule has 0 saturated carbocycles. The van der Waals surface area contributed by atoms with E-state index >= 15 is 0 Å². The molecule has 0 aliphatic carbocycles. The van der Waals surface area contributed by atoms with Crippen LogP contribution in [0.15, 0.2) is 29.2 Å². The number of nitrogens with zero attached hydrogens (tertiary/aromatic N) is 1. The van der Waals surface area contributed by atoms with Crippen LogP contribution < -0.4 is 10.5 Å². The third-order valence-corrected chi connectivity index (χ3v) is 5.18. The fourth-order valence-electron chi connectivity index (χ4n) is 2.41. The van der Waals surface area contributed by atoms with E-state index in [2.05, 4.69) is 4.72 Å². The van der Waals surface area contributed by atoms with E-state index in [9.17, 15) is 17.6 Å². The molecule has 1 aliphatic rings. The lowest BCUT2D eigenvalue weighted by atomic mass is 10.1. The Balaban J connectivity index is 1.95. The fourth-order valence-corrected chi connectivity index (χ4v) is 3.71. The molecule has 1 heterocycles. The average molecular weight is 329 g/mol. The van der Waals surface area contributed by atoms with Crippen LogP contribution in [0, 0.1) is 5.82 Å². The van der Waals surface area contributed by atoms with Crippen LogP contribution in [-0.2, 0) is 14.8 Å². The summed E-state index contributed by atoms with van der Waals surface area (Å²) in [6, 6.07) is 3.88. The minimum atomic E-state index is -3.68. The predicted octanol–water partition coefficient (Wildman–Crippen LogP) is 0.442. The first kappa shape index (κ1) is 16.9. The Labute approximate surface area is 129 Å². The van der Waals surface area contributed by atoms with Crippen molar-refractivity contribution in [1.82, 2.24) is 9.62 Å². The molecular formula is C14H20FN3O3S. The maximum Gasteiger partial charge on any atom is 0.240 e. The summed E-state index contributed by atoms with van der Waals surface area (Å²) in [4.78, 5) is 13.4. The lowest BCUT2D eigenvalue weighted by Crippen LogP contribution is -2.50. The Hall–Kier alpha value is -1.51. The zero-order valence-electron chi connectivity index (χ0n) is 12.3. The number of benzene rings is 1. The molecule has 1 amide bonds. The Morgan fingerprint density at radius 1 is 1.32 bits per heavy atom. The van der Waals surface area contributed by atoms with E-state index in [1.165, 1.54) is 12.1 Å². The van der Waals surface area contributed by atoms with Gasteiger partial charge in [-0.25, -0.2) is 17.5 Å². The molecular weight excluding hydrogens is 309 g/mol. The van der Waals surface area contributed by atoms with Gasteiger partial charge >= 0.3 is 0 Å². The summed E-state index contributed by atoms with van der Waals surface area (Å²) in [5.41, 5.74) is 5.56. The number of halogens is 1. The van der Waals surface area contributed by atoms with Gasteiger partial charge in [0.05, 0.1) is 10.9 Å². The van der Waals surface area contributed by atoms with Gasteiger partial charge in [0.25, 0.3) is 0 Å². The molecule has 122 valence electrons. The summed E-state index contributed by atoms with van der Waals surface area (Å²) in [7, 11) is -3.68. The summed E-state index contributed by atoms with van der Waals surface area (Å²) in [5, 5.41) is 0. The molecule has 22 heavy (non-hydrogen) atoms. The molecule has 0 radical (unpaired) electrons. The highest BCUT2D eigenvalue weighted by atomic mass is 32.2. The highest BCUT2D eigenvalue weighted by Crippen LogP contribution is 2.16. The normalized spacial score (nSPS) is 18.2. The number of carbonyl (C=O) groups is 1. The lowest BCUT2D eigenvalue weighted by molar-refractivity contribution is -0.133. The van der Waals surface area contributed by atoms with Crippen LogP contribution in [0.4, 0.5) is 4.39 Å². The lowest BCUT2D eigenvalue weighted by Gasteiger charge is -2.33. The molecule has 1 fully saturated rings. The first-order valence-electron chi connectivity index (χ1n) is 7.12. The molecule has 1 atom stereocenters. The van der Waals surface area contributed by atoms with Gasteiger partial charge in [0.2, 0.25) is 15.9 Å². The number of sulfonamides is 1. The zero-order chi connectivity index (χ0) is 16.3. The summed E-state index contributed by atoms with van der Waals surface area (Å²) >= 11 is 0. The van der Waals surface area contributed by atoms with Crippen molar-refractivity contribution in [2.75, 3.05) is 13.1 Å². The second-order valence-corrected chi connectivity index (χ2v) is 7.18. The fraction of sp³-hybridized carbons (Fsp3) is 0.500. The minimum Gasteiger partial charge on any atom is -0.341 e. The number of carbonyl (C=O) groups excluding carboxylic acids is 1. The van der Waals surface area contributed by atoms with Gasteiger partial charge in [0.1, 0.15) is 5.82 Å². The molecule has 0 bridgehead atoms. The smallest absolute Gasteiger partial charge is 0.240 e. The van der Waals surface area contributed by atoms with Crippen LogP contribution in [0.1, 0.15) is 19.8 Å². The minimum absolute atomic E-state index is 0.0305. The Kier molecular flexibility index (Phi) is 5.15. The van der Waals surface area contributed by atoms with Crippen LogP contribution in [0.3, 0.4) is 0 Å². The second kappa shape index (κ2) is 6.72. The molecule has 1 saturated heterocycles. The van der Waals surface area contributed by atoms with Gasteiger partial charge < -0.3 is 10.6 Å². The number of hydrogen-bond acceptors (Lipinski definition) is 4. The highest BCUT2D eigenvalue weighted by Gasteiger charge is 2.27. The molecule has 1 aliphatic heterocycles. The van der Waals surface area contributed by atoms with Crippen molar-refractivity contribution in [2.45, 2.75) is 36.7 Å². The Morgan fingerprint density at radius 3 is 2.36 bits per heavy atom. The molecule has 1 aromatic rings. The molecule has 6 nitrogen and oxygen atoms in total. The van der Waals surface area contributed by atoms with Crippen LogP contribution >= 0.6 is 0 Å². The van der Waals surface area contributed by atoms with E-state index in [1.807, 2.05) is 0 Å². The number of nitrogens with one attached hydrogen (secondary N) is 1. The van der Waals surface area contributed by atoms with E-state index in [-0.39, 0.29) is 16.8 Å².